The van der Waals surface area contributed by atoms with Crippen molar-refractivity contribution in [2.24, 2.45) is 0 Å². The highest BCUT2D eigenvalue weighted by Gasteiger charge is 2.30. The van der Waals surface area contributed by atoms with E-state index in [1.54, 1.807) is 19.9 Å². The van der Waals surface area contributed by atoms with E-state index in [9.17, 15) is 22.8 Å². The van der Waals surface area contributed by atoms with Crippen molar-refractivity contribution in [2.45, 2.75) is 32.6 Å². The van der Waals surface area contributed by atoms with E-state index in [-0.39, 0.29) is 23.3 Å². The highest BCUT2D eigenvalue weighted by Crippen LogP contribution is 2.31. The van der Waals surface area contributed by atoms with Crippen LogP contribution in [0.1, 0.15) is 31.0 Å². The average molecular weight is 440 g/mol. The zero-order chi connectivity index (χ0) is 22.1. The van der Waals surface area contributed by atoms with Crippen LogP contribution in [0, 0.1) is 0 Å². The van der Waals surface area contributed by atoms with E-state index in [4.69, 9.17) is 11.6 Å². The topological polar surface area (TPSA) is 81.8 Å². The van der Waals surface area contributed by atoms with E-state index >= 15 is 0 Å². The number of benzene rings is 1. The van der Waals surface area contributed by atoms with Gasteiger partial charge in [0.25, 0.3) is 0 Å². The molecule has 0 radical (unpaired) electrons. The first-order valence-electron chi connectivity index (χ1n) is 8.84. The summed E-state index contributed by atoms with van der Waals surface area (Å²) >= 11 is 5.78. The third-order valence-corrected chi connectivity index (χ3v) is 4.42. The van der Waals surface area contributed by atoms with Crippen LogP contribution in [0.15, 0.2) is 52.2 Å². The summed E-state index contributed by atoms with van der Waals surface area (Å²) in [7, 11) is 0. The number of anilines is 2. The van der Waals surface area contributed by atoms with Gasteiger partial charge in [0.15, 0.2) is 0 Å². The number of pyridine rings is 1. The molecule has 158 valence electrons. The fourth-order valence-electron chi connectivity index (χ4n) is 2.77. The van der Waals surface area contributed by atoms with E-state index in [1.165, 1.54) is 24.4 Å². The van der Waals surface area contributed by atoms with E-state index in [0.717, 1.165) is 21.3 Å². The van der Waals surface area contributed by atoms with Crippen LogP contribution >= 0.6 is 11.6 Å². The van der Waals surface area contributed by atoms with Gasteiger partial charge < -0.3 is 5.32 Å². The molecule has 3 aromatic rings. The van der Waals surface area contributed by atoms with Gasteiger partial charge in [0, 0.05) is 17.9 Å². The van der Waals surface area contributed by atoms with Crippen molar-refractivity contribution < 1.29 is 13.2 Å². The predicted molar refractivity (Wildman–Crippen MR) is 106 cm³/mol. The first-order chi connectivity index (χ1) is 14.1. The molecular formula is C19H17ClF3N5O2. The Hall–Kier alpha value is -3.14. The Morgan fingerprint density at radius 3 is 2.50 bits per heavy atom. The second kappa shape index (κ2) is 8.31. The fraction of sp³-hybridized carbons (Fsp3) is 0.263. The molecular weight excluding hydrogens is 423 g/mol. The lowest BCUT2D eigenvalue weighted by molar-refractivity contribution is -0.137. The highest BCUT2D eigenvalue weighted by molar-refractivity contribution is 6.29. The summed E-state index contributed by atoms with van der Waals surface area (Å²) in [4.78, 5) is 33.2. The second-order valence-corrected chi connectivity index (χ2v) is 7.13. The van der Waals surface area contributed by atoms with Crippen LogP contribution < -0.4 is 16.7 Å². The second-order valence-electron chi connectivity index (χ2n) is 6.74. The molecule has 30 heavy (non-hydrogen) atoms. The van der Waals surface area contributed by atoms with Crippen LogP contribution in [-0.2, 0) is 12.7 Å². The number of halogens is 4. The summed E-state index contributed by atoms with van der Waals surface area (Å²) in [6.45, 7) is 3.28. The van der Waals surface area contributed by atoms with E-state index < -0.39 is 29.2 Å². The van der Waals surface area contributed by atoms with Crippen LogP contribution in [0.25, 0.3) is 0 Å². The molecule has 0 fully saturated rings. The molecule has 0 atom stereocenters. The fourth-order valence-corrected chi connectivity index (χ4v) is 2.88. The van der Waals surface area contributed by atoms with Crippen LogP contribution in [0.2, 0.25) is 5.15 Å². The van der Waals surface area contributed by atoms with Crippen molar-refractivity contribution in [3.8, 4) is 0 Å². The summed E-state index contributed by atoms with van der Waals surface area (Å²) in [5, 5.41) is 2.92. The first kappa shape index (κ1) is 21.6. The van der Waals surface area contributed by atoms with Gasteiger partial charge in [-0.1, -0.05) is 23.7 Å². The van der Waals surface area contributed by atoms with Gasteiger partial charge in [-0.2, -0.15) is 18.2 Å². The summed E-state index contributed by atoms with van der Waals surface area (Å²) in [5.41, 5.74) is -1.73. The normalized spacial score (nSPS) is 11.7. The molecule has 0 aliphatic rings. The molecule has 0 saturated heterocycles. The van der Waals surface area contributed by atoms with E-state index in [0.29, 0.717) is 5.56 Å². The molecule has 11 heteroatoms. The molecule has 7 nitrogen and oxygen atoms in total. The molecule has 1 aromatic carbocycles. The first-order valence-corrected chi connectivity index (χ1v) is 9.22. The van der Waals surface area contributed by atoms with Gasteiger partial charge in [-0.05, 0) is 43.7 Å². The maximum atomic E-state index is 13.0. The summed E-state index contributed by atoms with van der Waals surface area (Å²) in [5.74, 6) is -0.184. The molecule has 0 saturated carbocycles. The third kappa shape index (κ3) is 4.70. The van der Waals surface area contributed by atoms with Gasteiger partial charge in [-0.25, -0.2) is 19.1 Å². The number of hydrogen-bond donors (Lipinski definition) is 1. The van der Waals surface area contributed by atoms with Gasteiger partial charge in [-0.15, -0.1) is 0 Å². The maximum absolute atomic E-state index is 13.0. The van der Waals surface area contributed by atoms with Crippen molar-refractivity contribution in [3.63, 3.8) is 0 Å². The number of nitrogens with zero attached hydrogens (tertiary/aromatic N) is 4. The maximum Gasteiger partial charge on any atom is 0.416 e. The average Bonchev–Trinajstić information content (AvgIpc) is 2.65. The molecule has 0 amide bonds. The number of nitrogens with one attached hydrogen (secondary N) is 1. The smallest absolute Gasteiger partial charge is 0.325 e. The van der Waals surface area contributed by atoms with Crippen LogP contribution in [0.3, 0.4) is 0 Å². The highest BCUT2D eigenvalue weighted by atomic mass is 35.5. The van der Waals surface area contributed by atoms with Gasteiger partial charge >= 0.3 is 17.6 Å². The van der Waals surface area contributed by atoms with E-state index in [1.807, 2.05) is 0 Å². The summed E-state index contributed by atoms with van der Waals surface area (Å²) in [6.07, 6.45) is -3.09. The quantitative estimate of drug-likeness (QED) is 0.611. The lowest BCUT2D eigenvalue weighted by atomic mass is 10.2. The van der Waals surface area contributed by atoms with Crippen LogP contribution in [0.5, 0.6) is 0 Å². The summed E-state index contributed by atoms with van der Waals surface area (Å²) < 4.78 is 41.1. The lowest BCUT2D eigenvalue weighted by Gasteiger charge is -2.17. The molecule has 2 heterocycles. The van der Waals surface area contributed by atoms with Gasteiger partial charge in [0.1, 0.15) is 5.15 Å². The van der Waals surface area contributed by atoms with Crippen molar-refractivity contribution in [2.75, 3.05) is 5.32 Å². The van der Waals surface area contributed by atoms with Gasteiger partial charge in [0.2, 0.25) is 5.95 Å². The largest absolute Gasteiger partial charge is 0.416 e. The Kier molecular flexibility index (Phi) is 5.97. The Morgan fingerprint density at radius 2 is 1.90 bits per heavy atom. The monoisotopic (exact) mass is 439 g/mol. The van der Waals surface area contributed by atoms with Crippen molar-refractivity contribution in [3.05, 3.63) is 79.8 Å². The van der Waals surface area contributed by atoms with Crippen molar-refractivity contribution >= 4 is 23.2 Å². The molecule has 0 aliphatic heterocycles. The Bertz CT molecular complexity index is 1170. The Labute approximate surface area is 173 Å². The minimum Gasteiger partial charge on any atom is -0.325 e. The SMILES string of the molecule is CC(C)n1c(=O)nc(Nc2cccc(C(F)(F)F)c2)n(Cc2ccc(Cl)nc2)c1=O. The van der Waals surface area contributed by atoms with E-state index in [2.05, 4.69) is 15.3 Å². The number of alkyl halides is 3. The third-order valence-electron chi connectivity index (χ3n) is 4.19. The van der Waals surface area contributed by atoms with Gasteiger partial charge in [-0.3, -0.25) is 4.57 Å². The van der Waals surface area contributed by atoms with Gasteiger partial charge in [0.05, 0.1) is 12.1 Å². The molecule has 0 unspecified atom stereocenters. The van der Waals surface area contributed by atoms with Crippen molar-refractivity contribution in [1.82, 2.24) is 19.1 Å². The Morgan fingerprint density at radius 1 is 1.17 bits per heavy atom. The van der Waals surface area contributed by atoms with Crippen molar-refractivity contribution in [1.29, 1.82) is 0 Å². The summed E-state index contributed by atoms with van der Waals surface area (Å²) in [6, 6.07) is 7.09. The Balaban J connectivity index is 2.10. The molecule has 3 rings (SSSR count). The van der Waals surface area contributed by atoms with Crippen LogP contribution in [-0.4, -0.2) is 19.1 Å². The zero-order valence-corrected chi connectivity index (χ0v) is 16.7. The lowest BCUT2D eigenvalue weighted by Crippen LogP contribution is -2.43. The van der Waals surface area contributed by atoms with Crippen LogP contribution in [0.4, 0.5) is 24.8 Å². The molecule has 1 N–H and O–H groups in total. The standard InChI is InChI=1S/C19H17ClF3N5O2/c1-11(2)28-17(29)26-16(25-14-5-3-4-13(8-14)19(21,22)23)27(18(28)30)10-12-6-7-15(20)24-9-12/h3-9,11H,10H2,1-2H3,(H,25,26,29). The minimum atomic E-state index is -4.54. The number of hydrogen-bond acceptors (Lipinski definition) is 5. The number of rotatable bonds is 5. The molecule has 0 aliphatic carbocycles. The predicted octanol–water partition coefficient (Wildman–Crippen LogP) is 3.85. The zero-order valence-electron chi connectivity index (χ0n) is 15.9. The molecule has 0 spiro atoms. The number of aromatic nitrogens is 4. The minimum absolute atomic E-state index is 0.0235. The molecule has 0 bridgehead atoms. The molecule has 2 aromatic heterocycles.